The summed E-state index contributed by atoms with van der Waals surface area (Å²) in [4.78, 5) is 10.4. The fourth-order valence-corrected chi connectivity index (χ4v) is 2.12. The molecule has 2 aromatic rings. The molecule has 0 aliphatic carbocycles. The molecule has 0 aliphatic heterocycles. The van der Waals surface area contributed by atoms with Crippen LogP contribution in [0.3, 0.4) is 0 Å². The summed E-state index contributed by atoms with van der Waals surface area (Å²) in [5.74, 6) is 0.878. The van der Waals surface area contributed by atoms with Gasteiger partial charge in [0, 0.05) is 17.4 Å². The van der Waals surface area contributed by atoms with Gasteiger partial charge in [-0.1, -0.05) is 0 Å². The van der Waals surface area contributed by atoms with Gasteiger partial charge in [0.25, 0.3) is 0 Å². The standard InChI is InChI=1S/C11H9BrO3/c1-6-4-8-9(15-6)5-7(2-3-13)11(14)10(8)12/h3-5,14H,2H2,1H3. The van der Waals surface area contributed by atoms with E-state index in [4.69, 9.17) is 4.42 Å². The largest absolute Gasteiger partial charge is 0.506 e. The summed E-state index contributed by atoms with van der Waals surface area (Å²) in [5.41, 5.74) is 1.24. The highest BCUT2D eigenvalue weighted by atomic mass is 79.9. The molecule has 0 amide bonds. The first-order valence-electron chi connectivity index (χ1n) is 4.47. The van der Waals surface area contributed by atoms with Crippen molar-refractivity contribution in [1.29, 1.82) is 0 Å². The van der Waals surface area contributed by atoms with Gasteiger partial charge >= 0.3 is 0 Å². The second kappa shape index (κ2) is 3.70. The van der Waals surface area contributed by atoms with Crippen LogP contribution in [-0.4, -0.2) is 11.4 Å². The zero-order valence-electron chi connectivity index (χ0n) is 8.08. The summed E-state index contributed by atoms with van der Waals surface area (Å²) in [6.07, 6.45) is 0.934. The molecule has 78 valence electrons. The Balaban J connectivity index is 2.75. The van der Waals surface area contributed by atoms with Crippen molar-refractivity contribution in [3.05, 3.63) is 27.9 Å². The Morgan fingerprint density at radius 1 is 1.53 bits per heavy atom. The Labute approximate surface area is 94.8 Å². The van der Waals surface area contributed by atoms with Gasteiger partial charge in [0.05, 0.1) is 4.47 Å². The van der Waals surface area contributed by atoms with Crippen molar-refractivity contribution in [1.82, 2.24) is 0 Å². The second-order valence-corrected chi connectivity index (χ2v) is 4.13. The minimum Gasteiger partial charge on any atom is -0.506 e. The Hall–Kier alpha value is -1.29. The van der Waals surface area contributed by atoms with Crippen molar-refractivity contribution in [2.45, 2.75) is 13.3 Å². The number of phenolic OH excluding ortho intramolecular Hbond substituents is 1. The van der Waals surface area contributed by atoms with E-state index in [1.807, 2.05) is 13.0 Å². The second-order valence-electron chi connectivity index (χ2n) is 3.34. The number of fused-ring (bicyclic) bond motifs is 1. The van der Waals surface area contributed by atoms with Gasteiger partial charge in [-0.25, -0.2) is 0 Å². The predicted octanol–water partition coefficient (Wildman–Crippen LogP) is 2.95. The van der Waals surface area contributed by atoms with Crippen molar-refractivity contribution >= 4 is 33.2 Å². The number of hydrogen-bond acceptors (Lipinski definition) is 3. The fourth-order valence-electron chi connectivity index (χ4n) is 1.55. The molecular weight excluding hydrogens is 260 g/mol. The Morgan fingerprint density at radius 2 is 2.27 bits per heavy atom. The van der Waals surface area contributed by atoms with E-state index in [1.165, 1.54) is 0 Å². The molecule has 0 saturated heterocycles. The molecule has 0 unspecified atom stereocenters. The maximum atomic E-state index is 10.4. The van der Waals surface area contributed by atoms with Crippen LogP contribution in [0.25, 0.3) is 11.0 Å². The molecule has 0 bridgehead atoms. The van der Waals surface area contributed by atoms with Crippen molar-refractivity contribution in [3.63, 3.8) is 0 Å². The van der Waals surface area contributed by atoms with Crippen LogP contribution in [0.4, 0.5) is 0 Å². The molecule has 0 saturated carbocycles. The number of hydrogen-bond donors (Lipinski definition) is 1. The number of aromatic hydroxyl groups is 1. The van der Waals surface area contributed by atoms with Gasteiger partial charge in [-0.15, -0.1) is 0 Å². The SMILES string of the molecule is Cc1cc2c(Br)c(O)c(CC=O)cc2o1. The molecule has 2 rings (SSSR count). The predicted molar refractivity (Wildman–Crippen MR) is 60.1 cm³/mol. The average molecular weight is 269 g/mol. The Morgan fingerprint density at radius 3 is 2.93 bits per heavy atom. The third kappa shape index (κ3) is 1.65. The number of aldehydes is 1. The van der Waals surface area contributed by atoms with E-state index < -0.39 is 0 Å². The lowest BCUT2D eigenvalue weighted by molar-refractivity contribution is -0.107. The summed E-state index contributed by atoms with van der Waals surface area (Å²) in [6, 6.07) is 3.53. The molecule has 1 aromatic heterocycles. The Bertz CT molecular complexity index is 528. The molecule has 1 N–H and O–H groups in total. The van der Waals surface area contributed by atoms with Gasteiger partial charge in [0.1, 0.15) is 23.4 Å². The van der Waals surface area contributed by atoms with Crippen LogP contribution in [0.15, 0.2) is 21.0 Å². The number of aryl methyl sites for hydroxylation is 1. The third-order valence-electron chi connectivity index (χ3n) is 2.24. The highest BCUT2D eigenvalue weighted by Gasteiger charge is 2.13. The van der Waals surface area contributed by atoms with E-state index in [-0.39, 0.29) is 12.2 Å². The topological polar surface area (TPSA) is 50.4 Å². The third-order valence-corrected chi connectivity index (χ3v) is 3.04. The summed E-state index contributed by atoms with van der Waals surface area (Å²) >= 11 is 3.29. The molecule has 0 aliphatic rings. The monoisotopic (exact) mass is 268 g/mol. The lowest BCUT2D eigenvalue weighted by atomic mass is 10.1. The quantitative estimate of drug-likeness (QED) is 0.853. The molecule has 0 spiro atoms. The first-order chi connectivity index (χ1) is 7.13. The maximum absolute atomic E-state index is 10.4. The van der Waals surface area contributed by atoms with Crippen LogP contribution in [0.5, 0.6) is 5.75 Å². The van der Waals surface area contributed by atoms with E-state index in [0.717, 1.165) is 17.4 Å². The molecule has 0 radical (unpaired) electrons. The van der Waals surface area contributed by atoms with E-state index in [2.05, 4.69) is 15.9 Å². The zero-order valence-corrected chi connectivity index (χ0v) is 9.67. The minimum atomic E-state index is 0.107. The Kier molecular flexibility index (Phi) is 2.52. The number of carbonyl (C=O) groups is 1. The molecule has 15 heavy (non-hydrogen) atoms. The number of benzene rings is 1. The first-order valence-corrected chi connectivity index (χ1v) is 5.27. The van der Waals surface area contributed by atoms with Crippen LogP contribution >= 0.6 is 15.9 Å². The van der Waals surface area contributed by atoms with E-state index in [1.54, 1.807) is 6.07 Å². The van der Waals surface area contributed by atoms with Crippen molar-refractivity contribution < 1.29 is 14.3 Å². The number of rotatable bonds is 2. The van der Waals surface area contributed by atoms with Crippen LogP contribution in [0.2, 0.25) is 0 Å². The van der Waals surface area contributed by atoms with Crippen LogP contribution in [-0.2, 0) is 11.2 Å². The molecule has 3 nitrogen and oxygen atoms in total. The molecule has 1 heterocycles. The number of halogens is 1. The van der Waals surface area contributed by atoms with Crippen molar-refractivity contribution in [2.24, 2.45) is 0 Å². The van der Waals surface area contributed by atoms with Crippen LogP contribution in [0, 0.1) is 6.92 Å². The van der Waals surface area contributed by atoms with Gasteiger partial charge < -0.3 is 14.3 Å². The highest BCUT2D eigenvalue weighted by molar-refractivity contribution is 9.10. The van der Waals surface area contributed by atoms with E-state index >= 15 is 0 Å². The summed E-state index contributed by atoms with van der Waals surface area (Å²) < 4.78 is 6.01. The van der Waals surface area contributed by atoms with Gasteiger partial charge in [-0.05, 0) is 35.0 Å². The smallest absolute Gasteiger partial charge is 0.135 e. The molecule has 0 fully saturated rings. The normalized spacial score (nSPS) is 10.8. The van der Waals surface area contributed by atoms with Crippen LogP contribution < -0.4 is 0 Å². The number of furan rings is 1. The lowest BCUT2D eigenvalue weighted by Gasteiger charge is -2.03. The highest BCUT2D eigenvalue weighted by Crippen LogP contribution is 2.37. The van der Waals surface area contributed by atoms with Gasteiger partial charge in [0.2, 0.25) is 0 Å². The minimum absolute atomic E-state index is 0.107. The molecule has 0 atom stereocenters. The summed E-state index contributed by atoms with van der Waals surface area (Å²) in [5, 5.41) is 10.6. The van der Waals surface area contributed by atoms with Crippen molar-refractivity contribution in [3.8, 4) is 5.75 Å². The van der Waals surface area contributed by atoms with Gasteiger partial charge in [-0.3, -0.25) is 0 Å². The number of carbonyl (C=O) groups excluding carboxylic acids is 1. The maximum Gasteiger partial charge on any atom is 0.135 e. The zero-order chi connectivity index (χ0) is 11.0. The average Bonchev–Trinajstić information content (AvgIpc) is 2.56. The fraction of sp³-hybridized carbons (Fsp3) is 0.182. The lowest BCUT2D eigenvalue weighted by Crippen LogP contribution is -1.87. The van der Waals surface area contributed by atoms with Crippen molar-refractivity contribution in [2.75, 3.05) is 0 Å². The van der Waals surface area contributed by atoms with E-state index in [9.17, 15) is 9.90 Å². The first kappa shape index (κ1) is 10.2. The van der Waals surface area contributed by atoms with E-state index in [0.29, 0.717) is 15.6 Å². The molecular formula is C11H9BrO3. The number of phenols is 1. The van der Waals surface area contributed by atoms with Gasteiger partial charge in [0.15, 0.2) is 0 Å². The van der Waals surface area contributed by atoms with Gasteiger partial charge in [-0.2, -0.15) is 0 Å². The summed E-state index contributed by atoms with van der Waals surface area (Å²) in [7, 11) is 0. The molecule has 4 heteroatoms. The summed E-state index contributed by atoms with van der Waals surface area (Å²) in [6.45, 7) is 1.84. The van der Waals surface area contributed by atoms with Crippen LogP contribution in [0.1, 0.15) is 11.3 Å². The molecule has 1 aromatic carbocycles.